The third-order valence-corrected chi connectivity index (χ3v) is 2.99. The van der Waals surface area contributed by atoms with Crippen molar-refractivity contribution in [3.05, 3.63) is 59.9 Å². The summed E-state index contributed by atoms with van der Waals surface area (Å²) in [6.45, 7) is 0. The number of nitrogens with zero attached hydrogens (tertiary/aromatic N) is 1. The number of carbonyl (C=O) groups is 2. The van der Waals surface area contributed by atoms with Gasteiger partial charge in [-0.15, -0.1) is 0 Å². The molecule has 0 unspecified atom stereocenters. The molecule has 0 bridgehead atoms. The monoisotopic (exact) mass is 299 g/mol. The first-order chi connectivity index (χ1) is 10.5. The maximum atomic E-state index is 13.5. The Hall–Kier alpha value is -3.22. The molecular formula is C15H10FN3O3. The smallest absolute Gasteiger partial charge is 0.291 e. The van der Waals surface area contributed by atoms with Crippen LogP contribution in [0.15, 0.2) is 47.0 Å². The Morgan fingerprint density at radius 1 is 1.23 bits per heavy atom. The van der Waals surface area contributed by atoms with Gasteiger partial charge in [-0.2, -0.15) is 0 Å². The quantitative estimate of drug-likeness (QED) is 0.775. The van der Waals surface area contributed by atoms with Crippen molar-refractivity contribution < 1.29 is 18.4 Å². The number of benzene rings is 1. The number of para-hydroxylation sites is 1. The molecule has 22 heavy (non-hydrogen) atoms. The normalized spacial score (nSPS) is 10.6. The predicted octanol–water partition coefficient (Wildman–Crippen LogP) is 2.32. The second-order valence-electron chi connectivity index (χ2n) is 4.52. The standard InChI is InChI=1S/C15H10FN3O3/c16-10-3-1-2-8-6-12(22-13(8)10)15(21)19-9-4-5-11(14(17)20)18-7-9/h1-7H,(H2,17,20)(H,19,21). The molecule has 1 aromatic carbocycles. The van der Waals surface area contributed by atoms with Gasteiger partial charge in [-0.05, 0) is 24.3 Å². The van der Waals surface area contributed by atoms with E-state index in [1.165, 1.54) is 36.5 Å². The van der Waals surface area contributed by atoms with Crippen molar-refractivity contribution in [2.45, 2.75) is 0 Å². The Morgan fingerprint density at radius 2 is 2.05 bits per heavy atom. The Labute approximate surface area is 123 Å². The number of rotatable bonds is 3. The number of carbonyl (C=O) groups excluding carboxylic acids is 2. The lowest BCUT2D eigenvalue weighted by atomic mass is 10.2. The maximum absolute atomic E-state index is 13.5. The number of hydrogen-bond donors (Lipinski definition) is 2. The van der Waals surface area contributed by atoms with Crippen molar-refractivity contribution in [2.75, 3.05) is 5.32 Å². The van der Waals surface area contributed by atoms with Gasteiger partial charge in [-0.25, -0.2) is 9.37 Å². The number of pyridine rings is 1. The molecule has 7 heteroatoms. The van der Waals surface area contributed by atoms with Crippen molar-refractivity contribution in [2.24, 2.45) is 5.73 Å². The molecule has 2 aromatic heterocycles. The highest BCUT2D eigenvalue weighted by Gasteiger charge is 2.15. The highest BCUT2D eigenvalue weighted by Crippen LogP contribution is 2.22. The number of amides is 2. The Kier molecular flexibility index (Phi) is 3.30. The highest BCUT2D eigenvalue weighted by atomic mass is 19.1. The Morgan fingerprint density at radius 3 is 2.68 bits per heavy atom. The zero-order valence-electron chi connectivity index (χ0n) is 11.2. The summed E-state index contributed by atoms with van der Waals surface area (Å²) >= 11 is 0. The van der Waals surface area contributed by atoms with E-state index in [2.05, 4.69) is 10.3 Å². The maximum Gasteiger partial charge on any atom is 0.291 e. The van der Waals surface area contributed by atoms with E-state index in [0.717, 1.165) is 0 Å². The third kappa shape index (κ3) is 2.51. The second kappa shape index (κ2) is 5.28. The van der Waals surface area contributed by atoms with Crippen LogP contribution in [0.2, 0.25) is 0 Å². The molecule has 3 rings (SSSR count). The zero-order chi connectivity index (χ0) is 15.7. The van der Waals surface area contributed by atoms with E-state index in [1.54, 1.807) is 6.07 Å². The Balaban J connectivity index is 1.83. The van der Waals surface area contributed by atoms with Crippen LogP contribution >= 0.6 is 0 Å². The van der Waals surface area contributed by atoms with Crippen LogP contribution in [0, 0.1) is 5.82 Å². The molecule has 0 spiro atoms. The molecule has 0 saturated heterocycles. The van der Waals surface area contributed by atoms with E-state index in [9.17, 15) is 14.0 Å². The van der Waals surface area contributed by atoms with Crippen LogP contribution in [0.4, 0.5) is 10.1 Å². The lowest BCUT2D eigenvalue weighted by molar-refractivity contribution is 0.0990. The van der Waals surface area contributed by atoms with Gasteiger partial charge in [0.1, 0.15) is 5.69 Å². The van der Waals surface area contributed by atoms with Crippen molar-refractivity contribution in [1.29, 1.82) is 0 Å². The summed E-state index contributed by atoms with van der Waals surface area (Å²) in [5, 5.41) is 3.03. The van der Waals surface area contributed by atoms with Crippen LogP contribution in [0.25, 0.3) is 11.0 Å². The third-order valence-electron chi connectivity index (χ3n) is 2.99. The minimum atomic E-state index is -0.661. The molecule has 0 aliphatic rings. The number of nitrogens with two attached hydrogens (primary N) is 1. The molecule has 0 aliphatic carbocycles. The molecule has 0 atom stereocenters. The minimum absolute atomic E-state index is 0.0230. The summed E-state index contributed by atoms with van der Waals surface area (Å²) in [5.41, 5.74) is 5.54. The van der Waals surface area contributed by atoms with Crippen LogP contribution in [-0.4, -0.2) is 16.8 Å². The first kappa shape index (κ1) is 13.7. The van der Waals surface area contributed by atoms with Crippen LogP contribution in [0.1, 0.15) is 21.0 Å². The average molecular weight is 299 g/mol. The van der Waals surface area contributed by atoms with Gasteiger partial charge in [-0.1, -0.05) is 12.1 Å². The fraction of sp³-hybridized carbons (Fsp3) is 0. The van der Waals surface area contributed by atoms with E-state index in [-0.39, 0.29) is 17.0 Å². The van der Waals surface area contributed by atoms with Crippen LogP contribution in [-0.2, 0) is 0 Å². The molecule has 0 radical (unpaired) electrons. The van der Waals surface area contributed by atoms with Gasteiger partial charge in [0.25, 0.3) is 11.8 Å². The second-order valence-corrected chi connectivity index (χ2v) is 4.52. The SMILES string of the molecule is NC(=O)c1ccc(NC(=O)c2cc3cccc(F)c3o2)cn1. The summed E-state index contributed by atoms with van der Waals surface area (Å²) in [4.78, 5) is 26.8. The number of nitrogens with one attached hydrogen (secondary N) is 1. The molecular weight excluding hydrogens is 289 g/mol. The Bertz CT molecular complexity index is 871. The summed E-state index contributed by atoms with van der Waals surface area (Å²) in [6.07, 6.45) is 1.29. The number of aromatic nitrogens is 1. The molecule has 3 aromatic rings. The number of halogens is 1. The molecule has 0 aliphatic heterocycles. The largest absolute Gasteiger partial charge is 0.448 e. The number of fused-ring (bicyclic) bond motifs is 1. The number of primary amides is 1. The molecule has 3 N–H and O–H groups in total. The number of furan rings is 1. The van der Waals surface area contributed by atoms with Gasteiger partial charge in [0.2, 0.25) is 0 Å². The van der Waals surface area contributed by atoms with E-state index >= 15 is 0 Å². The van der Waals surface area contributed by atoms with E-state index < -0.39 is 17.6 Å². The lowest BCUT2D eigenvalue weighted by Gasteiger charge is -2.02. The summed E-state index contributed by atoms with van der Waals surface area (Å²) in [7, 11) is 0. The molecule has 0 saturated carbocycles. The molecule has 6 nitrogen and oxygen atoms in total. The fourth-order valence-electron chi connectivity index (χ4n) is 1.95. The van der Waals surface area contributed by atoms with Crippen molar-refractivity contribution in [3.63, 3.8) is 0 Å². The highest BCUT2D eigenvalue weighted by molar-refractivity contribution is 6.04. The molecule has 2 amide bonds. The molecule has 110 valence electrons. The molecule has 2 heterocycles. The van der Waals surface area contributed by atoms with Crippen LogP contribution < -0.4 is 11.1 Å². The average Bonchev–Trinajstić information content (AvgIpc) is 2.93. The first-order valence-electron chi connectivity index (χ1n) is 6.30. The first-order valence-corrected chi connectivity index (χ1v) is 6.30. The van der Waals surface area contributed by atoms with Crippen molar-refractivity contribution in [3.8, 4) is 0 Å². The molecule has 0 fully saturated rings. The van der Waals surface area contributed by atoms with E-state index in [1.807, 2.05) is 0 Å². The predicted molar refractivity (Wildman–Crippen MR) is 76.9 cm³/mol. The van der Waals surface area contributed by atoms with E-state index in [0.29, 0.717) is 11.1 Å². The lowest BCUT2D eigenvalue weighted by Crippen LogP contribution is -2.14. The zero-order valence-corrected chi connectivity index (χ0v) is 11.2. The van der Waals surface area contributed by atoms with Gasteiger partial charge < -0.3 is 15.5 Å². The van der Waals surface area contributed by atoms with Gasteiger partial charge in [-0.3, -0.25) is 9.59 Å². The number of anilines is 1. The van der Waals surface area contributed by atoms with Crippen molar-refractivity contribution >= 4 is 28.5 Å². The summed E-state index contributed by atoms with van der Waals surface area (Å²) < 4.78 is 18.7. The van der Waals surface area contributed by atoms with Crippen LogP contribution in [0.3, 0.4) is 0 Å². The summed E-state index contributed by atoms with van der Waals surface area (Å²) in [6, 6.07) is 8.73. The van der Waals surface area contributed by atoms with Crippen molar-refractivity contribution in [1.82, 2.24) is 4.98 Å². The minimum Gasteiger partial charge on any atom is -0.448 e. The van der Waals surface area contributed by atoms with Gasteiger partial charge in [0.05, 0.1) is 11.9 Å². The summed E-state index contributed by atoms with van der Waals surface area (Å²) in [5.74, 6) is -1.78. The number of hydrogen-bond acceptors (Lipinski definition) is 4. The van der Waals surface area contributed by atoms with E-state index in [4.69, 9.17) is 10.2 Å². The fourth-order valence-corrected chi connectivity index (χ4v) is 1.95. The van der Waals surface area contributed by atoms with Gasteiger partial charge in [0, 0.05) is 5.39 Å². The van der Waals surface area contributed by atoms with Gasteiger partial charge >= 0.3 is 0 Å². The van der Waals surface area contributed by atoms with Crippen LogP contribution in [0.5, 0.6) is 0 Å². The topological polar surface area (TPSA) is 98.2 Å². The van der Waals surface area contributed by atoms with Gasteiger partial charge in [0.15, 0.2) is 17.2 Å².